The fourth-order valence-electron chi connectivity index (χ4n) is 2.59. The third kappa shape index (κ3) is 3.31. The molecule has 132 valence electrons. The van der Waals surface area contributed by atoms with Gasteiger partial charge in [-0.05, 0) is 37.3 Å². The van der Waals surface area contributed by atoms with Crippen LogP contribution in [0.2, 0.25) is 0 Å². The number of carbonyl (C=O) groups excluding carboxylic acids is 1. The van der Waals surface area contributed by atoms with E-state index in [9.17, 15) is 4.79 Å². The zero-order chi connectivity index (χ0) is 17.9. The van der Waals surface area contributed by atoms with Crippen molar-refractivity contribution in [3.8, 4) is 5.75 Å². The second-order valence-electron chi connectivity index (χ2n) is 5.51. The molecule has 2 heterocycles. The molecule has 2 aromatic carbocycles. The van der Waals surface area contributed by atoms with Crippen LogP contribution in [-0.2, 0) is 6.54 Å². The van der Waals surface area contributed by atoms with Crippen LogP contribution in [0.25, 0.3) is 21.2 Å². The maximum absolute atomic E-state index is 12.2. The van der Waals surface area contributed by atoms with Crippen LogP contribution in [0.4, 0.5) is 9.93 Å². The molecule has 7 nitrogen and oxygen atoms in total. The van der Waals surface area contributed by atoms with Gasteiger partial charge in [0, 0.05) is 5.39 Å². The van der Waals surface area contributed by atoms with Crippen LogP contribution in [0, 0.1) is 0 Å². The van der Waals surface area contributed by atoms with Gasteiger partial charge in [-0.3, -0.25) is 5.32 Å². The van der Waals surface area contributed by atoms with Crippen LogP contribution in [0.5, 0.6) is 5.75 Å². The summed E-state index contributed by atoms with van der Waals surface area (Å²) in [6.07, 6.45) is 0. The number of amides is 2. The number of aromatic nitrogens is 2. The van der Waals surface area contributed by atoms with E-state index in [0.717, 1.165) is 21.4 Å². The summed E-state index contributed by atoms with van der Waals surface area (Å²) >= 11 is 1.39. The van der Waals surface area contributed by atoms with Gasteiger partial charge in [-0.15, -0.1) is 0 Å². The number of nitrogens with one attached hydrogen (secondary N) is 2. The van der Waals surface area contributed by atoms with Gasteiger partial charge in [0.1, 0.15) is 11.4 Å². The predicted molar refractivity (Wildman–Crippen MR) is 101 cm³/mol. The molecule has 0 unspecified atom stereocenters. The van der Waals surface area contributed by atoms with Crippen molar-refractivity contribution in [3.63, 3.8) is 0 Å². The Balaban J connectivity index is 1.42. The predicted octanol–water partition coefficient (Wildman–Crippen LogP) is 4.16. The molecule has 0 aliphatic carbocycles. The van der Waals surface area contributed by atoms with Crippen molar-refractivity contribution in [2.24, 2.45) is 0 Å². The number of benzene rings is 2. The van der Waals surface area contributed by atoms with Gasteiger partial charge in [0.15, 0.2) is 10.7 Å². The highest BCUT2D eigenvalue weighted by Crippen LogP contribution is 2.29. The first-order chi connectivity index (χ1) is 12.7. The average molecular weight is 368 g/mol. The summed E-state index contributed by atoms with van der Waals surface area (Å²) in [5.41, 5.74) is 2.19. The minimum atomic E-state index is -0.346. The number of hydrogen-bond acceptors (Lipinski definition) is 6. The fourth-order valence-corrected chi connectivity index (χ4v) is 3.48. The normalized spacial score (nSPS) is 11.0. The maximum atomic E-state index is 12.2. The first kappa shape index (κ1) is 16.3. The third-order valence-electron chi connectivity index (χ3n) is 3.76. The van der Waals surface area contributed by atoms with Crippen molar-refractivity contribution in [1.82, 2.24) is 15.5 Å². The number of ether oxygens (including phenoxy) is 1. The Morgan fingerprint density at radius 3 is 3.04 bits per heavy atom. The van der Waals surface area contributed by atoms with E-state index in [4.69, 9.17) is 9.26 Å². The molecule has 0 atom stereocenters. The smallest absolute Gasteiger partial charge is 0.321 e. The summed E-state index contributed by atoms with van der Waals surface area (Å²) in [5.74, 6) is 0.789. The first-order valence-electron chi connectivity index (χ1n) is 8.14. The summed E-state index contributed by atoms with van der Waals surface area (Å²) in [4.78, 5) is 16.6. The van der Waals surface area contributed by atoms with Gasteiger partial charge >= 0.3 is 6.03 Å². The molecule has 4 aromatic rings. The zero-order valence-corrected chi connectivity index (χ0v) is 14.8. The number of urea groups is 1. The third-order valence-corrected chi connectivity index (χ3v) is 4.69. The molecule has 2 aromatic heterocycles. The number of hydrogen-bond donors (Lipinski definition) is 2. The topological polar surface area (TPSA) is 89.3 Å². The average Bonchev–Trinajstić information content (AvgIpc) is 3.23. The Bertz CT molecular complexity index is 1070. The molecule has 0 aliphatic rings. The lowest BCUT2D eigenvalue weighted by molar-refractivity contribution is 0.251. The molecule has 0 radical (unpaired) electrons. The quantitative estimate of drug-likeness (QED) is 0.552. The Morgan fingerprint density at radius 1 is 1.27 bits per heavy atom. The van der Waals surface area contributed by atoms with Crippen LogP contribution in [-0.4, -0.2) is 22.8 Å². The summed E-state index contributed by atoms with van der Waals surface area (Å²) in [7, 11) is 0. The lowest BCUT2D eigenvalue weighted by Gasteiger charge is -2.03. The Labute approximate surface area is 153 Å². The van der Waals surface area contributed by atoms with Gasteiger partial charge in [0.2, 0.25) is 0 Å². The highest BCUT2D eigenvalue weighted by Gasteiger charge is 2.11. The minimum absolute atomic E-state index is 0.266. The molecule has 0 saturated carbocycles. The van der Waals surface area contributed by atoms with Gasteiger partial charge in [-0.2, -0.15) is 0 Å². The van der Waals surface area contributed by atoms with Gasteiger partial charge < -0.3 is 14.6 Å². The van der Waals surface area contributed by atoms with E-state index in [0.29, 0.717) is 23.0 Å². The summed E-state index contributed by atoms with van der Waals surface area (Å²) in [6, 6.07) is 12.8. The number of thiazole rings is 1. The van der Waals surface area contributed by atoms with Crippen molar-refractivity contribution in [3.05, 3.63) is 48.2 Å². The van der Waals surface area contributed by atoms with Crippen LogP contribution in [0.15, 0.2) is 47.0 Å². The van der Waals surface area contributed by atoms with E-state index in [1.807, 2.05) is 49.4 Å². The fraction of sp³-hybridized carbons (Fsp3) is 0.167. The van der Waals surface area contributed by atoms with E-state index < -0.39 is 0 Å². The van der Waals surface area contributed by atoms with Gasteiger partial charge in [0.25, 0.3) is 0 Å². The SMILES string of the molecule is CCOc1ccc2nc(NC(=O)NCc3noc4ccccc34)sc2c1. The van der Waals surface area contributed by atoms with Crippen LogP contribution in [0.3, 0.4) is 0 Å². The molecule has 2 N–H and O–H groups in total. The van der Waals surface area contributed by atoms with Crippen LogP contribution >= 0.6 is 11.3 Å². The second-order valence-corrected chi connectivity index (χ2v) is 6.55. The Kier molecular flexibility index (Phi) is 4.40. The van der Waals surface area contributed by atoms with E-state index >= 15 is 0 Å². The van der Waals surface area contributed by atoms with Crippen LogP contribution in [0.1, 0.15) is 12.6 Å². The van der Waals surface area contributed by atoms with Crippen molar-refractivity contribution in [2.45, 2.75) is 13.5 Å². The Morgan fingerprint density at radius 2 is 2.15 bits per heavy atom. The summed E-state index contributed by atoms with van der Waals surface area (Å²) in [5, 5.41) is 10.9. The molecule has 8 heteroatoms. The maximum Gasteiger partial charge on any atom is 0.321 e. The van der Waals surface area contributed by atoms with E-state index in [1.165, 1.54) is 11.3 Å². The molecular formula is C18H16N4O3S. The summed E-state index contributed by atoms with van der Waals surface area (Å²) in [6.45, 7) is 2.81. The molecule has 0 spiro atoms. The van der Waals surface area contributed by atoms with Crippen molar-refractivity contribution in [1.29, 1.82) is 0 Å². The van der Waals surface area contributed by atoms with Crippen molar-refractivity contribution < 1.29 is 14.1 Å². The zero-order valence-electron chi connectivity index (χ0n) is 14.0. The van der Waals surface area contributed by atoms with E-state index in [2.05, 4.69) is 20.8 Å². The molecule has 0 saturated heterocycles. The van der Waals surface area contributed by atoms with Crippen molar-refractivity contribution >= 4 is 43.7 Å². The van der Waals surface area contributed by atoms with Crippen LogP contribution < -0.4 is 15.4 Å². The minimum Gasteiger partial charge on any atom is -0.494 e. The second kappa shape index (κ2) is 7.01. The number of anilines is 1. The monoisotopic (exact) mass is 368 g/mol. The molecule has 2 amide bonds. The number of rotatable bonds is 5. The number of carbonyl (C=O) groups is 1. The lowest BCUT2D eigenvalue weighted by Crippen LogP contribution is -2.28. The Hall–Kier alpha value is -3.13. The largest absolute Gasteiger partial charge is 0.494 e. The van der Waals surface area contributed by atoms with E-state index in [1.54, 1.807) is 0 Å². The lowest BCUT2D eigenvalue weighted by atomic mass is 10.2. The van der Waals surface area contributed by atoms with Gasteiger partial charge in [0.05, 0.1) is 23.4 Å². The van der Waals surface area contributed by atoms with Gasteiger partial charge in [-0.1, -0.05) is 28.6 Å². The number of fused-ring (bicyclic) bond motifs is 2. The standard InChI is InChI=1S/C18H16N4O3S/c1-2-24-11-7-8-13-16(9-11)26-18(20-13)21-17(23)19-10-14-12-5-3-4-6-15(12)25-22-14/h3-9H,2,10H2,1H3,(H2,19,20,21,23). The van der Waals surface area contributed by atoms with Gasteiger partial charge in [-0.25, -0.2) is 9.78 Å². The molecule has 0 bridgehead atoms. The molecule has 4 rings (SSSR count). The first-order valence-corrected chi connectivity index (χ1v) is 8.96. The molecule has 0 aliphatic heterocycles. The summed E-state index contributed by atoms with van der Waals surface area (Å²) < 4.78 is 11.7. The number of nitrogens with zero attached hydrogens (tertiary/aromatic N) is 2. The number of para-hydroxylation sites is 1. The highest BCUT2D eigenvalue weighted by atomic mass is 32.1. The highest BCUT2D eigenvalue weighted by molar-refractivity contribution is 7.22. The van der Waals surface area contributed by atoms with Crippen molar-refractivity contribution in [2.75, 3.05) is 11.9 Å². The molecule has 26 heavy (non-hydrogen) atoms. The van der Waals surface area contributed by atoms with E-state index in [-0.39, 0.29) is 12.6 Å². The molecular weight excluding hydrogens is 352 g/mol. The molecule has 0 fully saturated rings.